The van der Waals surface area contributed by atoms with E-state index in [2.05, 4.69) is 18.7 Å². The maximum Gasteiger partial charge on any atom is 0.295 e. The second-order valence-electron chi connectivity index (χ2n) is 9.18. The Balaban J connectivity index is 1.77. The Labute approximate surface area is 210 Å². The first-order valence-corrected chi connectivity index (χ1v) is 12.3. The maximum absolute atomic E-state index is 13.3. The second-order valence-corrected chi connectivity index (χ2v) is 9.18. The number of carbonyl (C=O) groups excluding carboxylic acids is 2. The van der Waals surface area contributed by atoms with Crippen LogP contribution in [0.1, 0.15) is 49.9 Å². The third-order valence-corrected chi connectivity index (χ3v) is 6.87. The Kier molecular flexibility index (Phi) is 7.40. The molecule has 0 aliphatic carbocycles. The van der Waals surface area contributed by atoms with Crippen LogP contribution in [-0.2, 0) is 16.0 Å². The number of aliphatic hydroxyl groups is 1. The number of rotatable bonds is 9. The van der Waals surface area contributed by atoms with E-state index in [-0.39, 0.29) is 29.7 Å². The predicted molar refractivity (Wildman–Crippen MR) is 135 cm³/mol. The van der Waals surface area contributed by atoms with Gasteiger partial charge in [-0.15, -0.1) is 0 Å². The fraction of sp³-hybridized carbons (Fsp3) is 0.407. The van der Waals surface area contributed by atoms with Crippen LogP contribution >= 0.6 is 0 Å². The molecule has 0 bridgehead atoms. The molecule has 9 heteroatoms. The van der Waals surface area contributed by atoms with E-state index >= 15 is 0 Å². The largest absolute Gasteiger partial charge is 0.507 e. The number of ketones is 1. The van der Waals surface area contributed by atoms with E-state index < -0.39 is 22.7 Å². The van der Waals surface area contributed by atoms with Gasteiger partial charge in [0.05, 0.1) is 16.5 Å². The van der Waals surface area contributed by atoms with Crippen molar-refractivity contribution in [3.63, 3.8) is 0 Å². The zero-order valence-electron chi connectivity index (χ0n) is 20.8. The van der Waals surface area contributed by atoms with Gasteiger partial charge >= 0.3 is 0 Å². The molecule has 1 N–H and O–H groups in total. The van der Waals surface area contributed by atoms with E-state index in [9.17, 15) is 24.8 Å². The lowest BCUT2D eigenvalue weighted by Crippen LogP contribution is -2.33. The molecule has 2 aliphatic rings. The number of nitrogens with zero attached hydrogens (tertiary/aromatic N) is 3. The summed E-state index contributed by atoms with van der Waals surface area (Å²) in [4.78, 5) is 41.0. The van der Waals surface area contributed by atoms with Gasteiger partial charge in [0, 0.05) is 30.7 Å². The van der Waals surface area contributed by atoms with Crippen molar-refractivity contribution in [1.82, 2.24) is 9.80 Å². The highest BCUT2D eigenvalue weighted by Crippen LogP contribution is 2.41. The number of fused-ring (bicyclic) bond motifs is 1. The SMILES string of the molecule is CCN(CC)CCCN1C(=O)C(=O)C(=C(O)c2ccc3c(c2)C[C@H](C)O3)[C@H]1c1cccc([N+](=O)[O-])c1. The van der Waals surface area contributed by atoms with Crippen LogP contribution < -0.4 is 4.74 Å². The van der Waals surface area contributed by atoms with Crippen LogP contribution in [-0.4, -0.2) is 63.8 Å². The second kappa shape index (κ2) is 10.5. The summed E-state index contributed by atoms with van der Waals surface area (Å²) >= 11 is 0. The van der Waals surface area contributed by atoms with Crippen molar-refractivity contribution >= 4 is 23.1 Å². The van der Waals surface area contributed by atoms with Crippen molar-refractivity contribution in [1.29, 1.82) is 0 Å². The van der Waals surface area contributed by atoms with Gasteiger partial charge in [0.1, 0.15) is 17.6 Å². The number of amides is 1. The lowest BCUT2D eigenvalue weighted by atomic mass is 9.94. The third-order valence-electron chi connectivity index (χ3n) is 6.87. The number of hydrogen-bond acceptors (Lipinski definition) is 7. The zero-order valence-corrected chi connectivity index (χ0v) is 20.8. The van der Waals surface area contributed by atoms with E-state index in [0.717, 1.165) is 30.9 Å². The maximum atomic E-state index is 13.3. The molecule has 0 spiro atoms. The average Bonchev–Trinajstić information content (AvgIpc) is 3.37. The predicted octanol–water partition coefficient (Wildman–Crippen LogP) is 4.07. The molecule has 1 saturated heterocycles. The van der Waals surface area contributed by atoms with Crippen LogP contribution in [0.3, 0.4) is 0 Å². The topological polar surface area (TPSA) is 113 Å². The molecule has 9 nitrogen and oxygen atoms in total. The highest BCUT2D eigenvalue weighted by atomic mass is 16.6. The molecule has 2 aromatic rings. The van der Waals surface area contributed by atoms with Gasteiger partial charge in [-0.25, -0.2) is 0 Å². The summed E-state index contributed by atoms with van der Waals surface area (Å²) in [5.74, 6) is -1.08. The number of nitro groups is 1. The van der Waals surface area contributed by atoms with Crippen molar-refractivity contribution in [3.05, 3.63) is 74.8 Å². The first-order chi connectivity index (χ1) is 17.2. The minimum atomic E-state index is -0.926. The summed E-state index contributed by atoms with van der Waals surface area (Å²) in [6.07, 6.45) is 1.30. The molecule has 1 fully saturated rings. The number of aliphatic hydroxyl groups excluding tert-OH is 1. The van der Waals surface area contributed by atoms with E-state index in [1.165, 1.54) is 23.1 Å². The Hall–Kier alpha value is -3.72. The number of Topliss-reactive ketones (excluding diaryl/α,β-unsaturated/α-hetero) is 1. The smallest absolute Gasteiger partial charge is 0.295 e. The van der Waals surface area contributed by atoms with Crippen LogP contribution in [0.25, 0.3) is 5.76 Å². The average molecular weight is 494 g/mol. The molecular weight excluding hydrogens is 462 g/mol. The number of ether oxygens (including phenoxy) is 1. The van der Waals surface area contributed by atoms with Crippen molar-refractivity contribution in [2.24, 2.45) is 0 Å². The molecule has 2 aromatic carbocycles. The van der Waals surface area contributed by atoms with E-state index in [4.69, 9.17) is 4.74 Å². The van der Waals surface area contributed by atoms with Crippen molar-refractivity contribution in [2.75, 3.05) is 26.2 Å². The zero-order chi connectivity index (χ0) is 26.0. The van der Waals surface area contributed by atoms with Crippen LogP contribution in [0, 0.1) is 10.1 Å². The van der Waals surface area contributed by atoms with Gasteiger partial charge in [0.2, 0.25) is 0 Å². The molecule has 0 unspecified atom stereocenters. The van der Waals surface area contributed by atoms with Crippen LogP contribution in [0.5, 0.6) is 5.75 Å². The fourth-order valence-corrected chi connectivity index (χ4v) is 4.99. The summed E-state index contributed by atoms with van der Waals surface area (Å²) in [5.41, 5.74) is 1.51. The van der Waals surface area contributed by atoms with Gasteiger partial charge < -0.3 is 19.6 Å². The van der Waals surface area contributed by atoms with Gasteiger partial charge in [-0.05, 0) is 62.3 Å². The summed E-state index contributed by atoms with van der Waals surface area (Å²) in [6.45, 7) is 8.81. The van der Waals surface area contributed by atoms with Crippen molar-refractivity contribution in [2.45, 2.75) is 45.8 Å². The molecule has 36 heavy (non-hydrogen) atoms. The number of benzene rings is 2. The van der Waals surface area contributed by atoms with Gasteiger partial charge in [-0.2, -0.15) is 0 Å². The summed E-state index contributed by atoms with van der Waals surface area (Å²) in [6, 6.07) is 10.1. The Bertz CT molecular complexity index is 1220. The normalized spacial score (nSPS) is 20.6. The van der Waals surface area contributed by atoms with Crippen LogP contribution in [0.4, 0.5) is 5.69 Å². The Morgan fingerprint density at radius 1 is 1.19 bits per heavy atom. The Morgan fingerprint density at radius 2 is 1.94 bits per heavy atom. The van der Waals surface area contributed by atoms with Gasteiger partial charge in [-0.3, -0.25) is 19.7 Å². The fourth-order valence-electron chi connectivity index (χ4n) is 4.99. The first-order valence-electron chi connectivity index (χ1n) is 12.3. The van der Waals surface area contributed by atoms with Crippen LogP contribution in [0.15, 0.2) is 48.0 Å². The van der Waals surface area contributed by atoms with E-state index in [0.29, 0.717) is 24.0 Å². The van der Waals surface area contributed by atoms with Crippen molar-refractivity contribution in [3.8, 4) is 5.75 Å². The molecule has 2 heterocycles. The quantitative estimate of drug-likeness (QED) is 0.184. The number of non-ortho nitro benzene ring substituents is 1. The standard InChI is InChI=1S/C27H31N3O6/c1-4-28(5-2)12-7-13-29-24(18-8-6-9-21(16-18)30(34)35)23(26(32)27(29)33)25(31)19-10-11-22-20(15-19)14-17(3)36-22/h6,8-11,15-17,24,31H,4-5,7,12-14H2,1-3H3/t17-,24+/m0/s1. The molecule has 0 radical (unpaired) electrons. The molecule has 4 rings (SSSR count). The Morgan fingerprint density at radius 3 is 2.64 bits per heavy atom. The highest BCUT2D eigenvalue weighted by molar-refractivity contribution is 6.46. The minimum Gasteiger partial charge on any atom is -0.507 e. The first kappa shape index (κ1) is 25.4. The summed E-state index contributed by atoms with van der Waals surface area (Å²) in [7, 11) is 0. The van der Waals surface area contributed by atoms with E-state index in [1.807, 2.05) is 6.92 Å². The van der Waals surface area contributed by atoms with Gasteiger partial charge in [0.25, 0.3) is 17.4 Å². The van der Waals surface area contributed by atoms with Crippen LogP contribution in [0.2, 0.25) is 0 Å². The summed E-state index contributed by atoms with van der Waals surface area (Å²) < 4.78 is 5.74. The molecule has 1 amide bonds. The minimum absolute atomic E-state index is 0.0126. The number of nitro benzene ring substituents is 1. The molecular formula is C27H31N3O6. The highest BCUT2D eigenvalue weighted by Gasteiger charge is 2.46. The molecule has 0 saturated carbocycles. The van der Waals surface area contributed by atoms with Gasteiger partial charge in [-0.1, -0.05) is 26.0 Å². The van der Waals surface area contributed by atoms with Gasteiger partial charge in [0.15, 0.2) is 0 Å². The molecule has 190 valence electrons. The monoisotopic (exact) mass is 493 g/mol. The molecule has 2 atom stereocenters. The summed E-state index contributed by atoms with van der Waals surface area (Å²) in [5, 5.41) is 22.8. The lowest BCUT2D eigenvalue weighted by Gasteiger charge is -2.26. The lowest BCUT2D eigenvalue weighted by molar-refractivity contribution is -0.384. The molecule has 2 aliphatic heterocycles. The third kappa shape index (κ3) is 4.83. The number of hydrogen-bond donors (Lipinski definition) is 1. The molecule has 0 aromatic heterocycles. The number of carbonyl (C=O) groups is 2. The number of likely N-dealkylation sites (tertiary alicyclic amines) is 1. The van der Waals surface area contributed by atoms with Crippen molar-refractivity contribution < 1.29 is 24.4 Å². The van der Waals surface area contributed by atoms with E-state index in [1.54, 1.807) is 24.3 Å².